The zero-order valence-corrected chi connectivity index (χ0v) is 11.6. The highest BCUT2D eigenvalue weighted by atomic mass is 14.9. The highest BCUT2D eigenvalue weighted by molar-refractivity contribution is 5.82. The van der Waals surface area contributed by atoms with Gasteiger partial charge < -0.3 is 10.7 Å². The maximum Gasteiger partial charge on any atom is 0.142 e. The molecule has 102 valence electrons. The molecule has 3 rings (SSSR count). The van der Waals surface area contributed by atoms with E-state index >= 15 is 0 Å². The first-order valence-electron chi connectivity index (χ1n) is 6.61. The summed E-state index contributed by atoms with van der Waals surface area (Å²) < 4.78 is 0. The fraction of sp³-hybridized carbons (Fsp3) is 0.0588. The Morgan fingerprint density at radius 3 is 2.52 bits per heavy atom. The summed E-state index contributed by atoms with van der Waals surface area (Å²) in [5.41, 5.74) is 10.8. The molecule has 0 saturated heterocycles. The quantitative estimate of drug-likeness (QED) is 0.750. The van der Waals surface area contributed by atoms with Gasteiger partial charge in [0.25, 0.3) is 0 Å². The second-order valence-electron chi connectivity index (χ2n) is 4.78. The lowest BCUT2D eigenvalue weighted by atomic mass is 9.96. The lowest BCUT2D eigenvalue weighted by Gasteiger charge is -2.13. The number of pyridine rings is 1. The van der Waals surface area contributed by atoms with Crippen molar-refractivity contribution < 1.29 is 0 Å². The topological polar surface area (TPSA) is 78.5 Å². The van der Waals surface area contributed by atoms with Crippen molar-refractivity contribution in [2.45, 2.75) is 6.92 Å². The number of hydrogen-bond acceptors (Lipinski definition) is 3. The molecule has 3 aromatic rings. The molecule has 0 bridgehead atoms. The monoisotopic (exact) mass is 274 g/mol. The second kappa shape index (κ2) is 5.14. The Balaban J connectivity index is 2.34. The van der Waals surface area contributed by atoms with Crippen LogP contribution in [-0.2, 0) is 0 Å². The fourth-order valence-electron chi connectivity index (χ4n) is 2.51. The molecule has 0 amide bonds. The van der Waals surface area contributed by atoms with Crippen LogP contribution in [0.5, 0.6) is 0 Å². The van der Waals surface area contributed by atoms with Crippen molar-refractivity contribution in [2.75, 3.05) is 5.73 Å². The molecule has 0 aliphatic rings. The zero-order chi connectivity index (χ0) is 14.8. The third-order valence-corrected chi connectivity index (χ3v) is 3.49. The van der Waals surface area contributed by atoms with Crippen LogP contribution in [0.1, 0.15) is 11.1 Å². The molecule has 0 spiro atoms. The molecule has 0 aliphatic heterocycles. The van der Waals surface area contributed by atoms with Crippen LogP contribution in [0.25, 0.3) is 22.5 Å². The number of nitriles is 1. The van der Waals surface area contributed by atoms with E-state index in [1.165, 1.54) is 0 Å². The van der Waals surface area contributed by atoms with Gasteiger partial charge in [-0.1, -0.05) is 30.3 Å². The van der Waals surface area contributed by atoms with Crippen molar-refractivity contribution in [2.24, 2.45) is 0 Å². The molecule has 0 saturated carbocycles. The van der Waals surface area contributed by atoms with Crippen molar-refractivity contribution in [1.29, 1.82) is 5.26 Å². The van der Waals surface area contributed by atoms with Gasteiger partial charge in [-0.25, -0.2) is 4.98 Å². The highest BCUT2D eigenvalue weighted by Gasteiger charge is 2.18. The minimum atomic E-state index is 0.256. The van der Waals surface area contributed by atoms with Crippen LogP contribution in [0.4, 0.5) is 5.82 Å². The van der Waals surface area contributed by atoms with Crippen LogP contribution < -0.4 is 5.73 Å². The summed E-state index contributed by atoms with van der Waals surface area (Å²) in [7, 11) is 0. The predicted octanol–water partition coefficient (Wildman–Crippen LogP) is 3.51. The van der Waals surface area contributed by atoms with E-state index in [1.54, 1.807) is 0 Å². The Kier molecular flexibility index (Phi) is 3.17. The number of anilines is 1. The molecule has 0 fully saturated rings. The second-order valence-corrected chi connectivity index (χ2v) is 4.78. The molecule has 0 radical (unpaired) electrons. The predicted molar refractivity (Wildman–Crippen MR) is 83.3 cm³/mol. The summed E-state index contributed by atoms with van der Waals surface area (Å²) in [5.74, 6) is 0.256. The number of rotatable bonds is 2. The van der Waals surface area contributed by atoms with Gasteiger partial charge in [-0.15, -0.1) is 0 Å². The fourth-order valence-corrected chi connectivity index (χ4v) is 2.51. The van der Waals surface area contributed by atoms with E-state index in [4.69, 9.17) is 5.73 Å². The lowest BCUT2D eigenvalue weighted by molar-refractivity contribution is 1.24. The number of hydrogen-bond donors (Lipinski definition) is 2. The van der Waals surface area contributed by atoms with Gasteiger partial charge in [0, 0.05) is 23.0 Å². The Labute approximate surface area is 122 Å². The van der Waals surface area contributed by atoms with Gasteiger partial charge in [-0.2, -0.15) is 5.26 Å². The molecule has 0 aliphatic carbocycles. The molecule has 2 heterocycles. The molecular weight excluding hydrogens is 260 g/mol. The van der Waals surface area contributed by atoms with Crippen LogP contribution in [0.15, 0.2) is 48.7 Å². The average molecular weight is 274 g/mol. The Bertz CT molecular complexity index is 812. The smallest absolute Gasteiger partial charge is 0.142 e. The van der Waals surface area contributed by atoms with Crippen molar-refractivity contribution in [3.05, 3.63) is 59.8 Å². The number of nitrogens with one attached hydrogen (secondary N) is 1. The Hall–Kier alpha value is -3.06. The number of benzene rings is 1. The zero-order valence-electron chi connectivity index (χ0n) is 11.6. The van der Waals surface area contributed by atoms with Gasteiger partial charge in [-0.3, -0.25) is 0 Å². The first-order valence-corrected chi connectivity index (χ1v) is 6.61. The Morgan fingerprint density at radius 2 is 1.90 bits per heavy atom. The van der Waals surface area contributed by atoms with Crippen molar-refractivity contribution >= 4 is 5.82 Å². The molecule has 2 aromatic heterocycles. The van der Waals surface area contributed by atoms with Crippen LogP contribution in [0, 0.1) is 18.3 Å². The van der Waals surface area contributed by atoms with E-state index in [0.29, 0.717) is 5.56 Å². The molecule has 4 nitrogen and oxygen atoms in total. The summed E-state index contributed by atoms with van der Waals surface area (Å²) in [6, 6.07) is 15.8. The van der Waals surface area contributed by atoms with E-state index in [0.717, 1.165) is 28.1 Å². The summed E-state index contributed by atoms with van der Waals surface area (Å²) in [6.07, 6.45) is 1.83. The van der Waals surface area contributed by atoms with Crippen LogP contribution in [-0.4, -0.2) is 9.97 Å². The number of H-pyrrole nitrogens is 1. The largest absolute Gasteiger partial charge is 0.383 e. The number of aromatic nitrogens is 2. The summed E-state index contributed by atoms with van der Waals surface area (Å²) in [5, 5.41) is 9.40. The highest BCUT2D eigenvalue weighted by Crippen LogP contribution is 2.34. The standard InChI is InChI=1S/C17H14N4/c1-11-15(14-8-5-9-20-14)13(10-18)17(19)21-16(11)12-6-3-2-4-7-12/h2-9,20H,1H3,(H2,19,21). The molecule has 3 N–H and O–H groups in total. The van der Waals surface area contributed by atoms with Crippen LogP contribution in [0.3, 0.4) is 0 Å². The SMILES string of the molecule is Cc1c(-c2ccccc2)nc(N)c(C#N)c1-c1ccc[nH]1. The van der Waals surface area contributed by atoms with Gasteiger partial charge in [0.2, 0.25) is 0 Å². The normalized spacial score (nSPS) is 10.3. The Morgan fingerprint density at radius 1 is 1.14 bits per heavy atom. The average Bonchev–Trinajstić information content (AvgIpc) is 3.03. The third kappa shape index (κ3) is 2.15. The number of nitrogens with two attached hydrogens (primary N) is 1. The van der Waals surface area contributed by atoms with Gasteiger partial charge in [-0.05, 0) is 24.6 Å². The molecule has 21 heavy (non-hydrogen) atoms. The minimum Gasteiger partial charge on any atom is -0.383 e. The van der Waals surface area contributed by atoms with E-state index in [-0.39, 0.29) is 5.82 Å². The van der Waals surface area contributed by atoms with E-state index in [1.807, 2.05) is 55.6 Å². The van der Waals surface area contributed by atoms with Gasteiger partial charge in [0.05, 0.1) is 5.69 Å². The van der Waals surface area contributed by atoms with E-state index in [2.05, 4.69) is 16.0 Å². The number of aromatic amines is 1. The van der Waals surface area contributed by atoms with E-state index < -0.39 is 0 Å². The van der Waals surface area contributed by atoms with Crippen molar-refractivity contribution in [3.63, 3.8) is 0 Å². The maximum atomic E-state index is 9.40. The van der Waals surface area contributed by atoms with Crippen molar-refractivity contribution in [1.82, 2.24) is 9.97 Å². The molecule has 0 unspecified atom stereocenters. The van der Waals surface area contributed by atoms with E-state index in [9.17, 15) is 5.26 Å². The molecule has 1 aromatic carbocycles. The first kappa shape index (κ1) is 12.9. The van der Waals surface area contributed by atoms with Gasteiger partial charge >= 0.3 is 0 Å². The molecular formula is C17H14N4. The van der Waals surface area contributed by atoms with Gasteiger partial charge in [0.15, 0.2) is 0 Å². The maximum absolute atomic E-state index is 9.40. The lowest BCUT2D eigenvalue weighted by Crippen LogP contribution is -2.03. The molecule has 0 atom stereocenters. The minimum absolute atomic E-state index is 0.256. The summed E-state index contributed by atoms with van der Waals surface area (Å²) in [4.78, 5) is 7.57. The summed E-state index contributed by atoms with van der Waals surface area (Å²) in [6.45, 7) is 1.96. The first-order chi connectivity index (χ1) is 10.2. The number of nitrogen functional groups attached to an aromatic ring is 1. The summed E-state index contributed by atoms with van der Waals surface area (Å²) >= 11 is 0. The number of nitrogens with zero attached hydrogens (tertiary/aromatic N) is 2. The third-order valence-electron chi connectivity index (χ3n) is 3.49. The van der Waals surface area contributed by atoms with Gasteiger partial charge in [0.1, 0.15) is 17.5 Å². The van der Waals surface area contributed by atoms with Crippen LogP contribution in [0.2, 0.25) is 0 Å². The molecule has 4 heteroatoms. The van der Waals surface area contributed by atoms with Crippen molar-refractivity contribution in [3.8, 4) is 28.6 Å². The van der Waals surface area contributed by atoms with Crippen LogP contribution >= 0.6 is 0 Å².